The Morgan fingerprint density at radius 3 is 2.35 bits per heavy atom. The molecule has 0 bridgehead atoms. The van der Waals surface area contributed by atoms with E-state index in [1.807, 2.05) is 26.0 Å². The van der Waals surface area contributed by atoms with E-state index < -0.39 is 5.91 Å². The van der Waals surface area contributed by atoms with Crippen LogP contribution in [0.1, 0.15) is 52.2 Å². The standard InChI is InChI=1S/C26H33N5O3/c1-15-9-20(10-16(2)24(15)32)12-28-26-23(25(27)33)22(29-30-26)11-19-5-7-21(8-6-19)31-13-17(3)34-18(4)14-31/h5-10,17-18,32H,11-14H2,1-4H3,(H2,27,33)(H2,28,29,30)/t17-,18+. The van der Waals surface area contributed by atoms with E-state index in [1.165, 1.54) is 0 Å². The van der Waals surface area contributed by atoms with Crippen LogP contribution in [0.2, 0.25) is 0 Å². The topological polar surface area (TPSA) is 117 Å². The van der Waals surface area contributed by atoms with E-state index >= 15 is 0 Å². The van der Waals surface area contributed by atoms with Gasteiger partial charge in [-0.3, -0.25) is 9.89 Å². The quantitative estimate of drug-likeness (QED) is 0.425. The third-order valence-electron chi connectivity index (χ3n) is 6.20. The number of aromatic hydroxyl groups is 1. The molecule has 0 spiro atoms. The van der Waals surface area contributed by atoms with Gasteiger partial charge in [-0.05, 0) is 62.1 Å². The van der Waals surface area contributed by atoms with Gasteiger partial charge in [-0.1, -0.05) is 24.3 Å². The van der Waals surface area contributed by atoms with Crippen LogP contribution in [0.5, 0.6) is 5.75 Å². The largest absolute Gasteiger partial charge is 0.507 e. The summed E-state index contributed by atoms with van der Waals surface area (Å²) in [6, 6.07) is 12.2. The molecule has 0 aliphatic carbocycles. The van der Waals surface area contributed by atoms with Gasteiger partial charge in [0.2, 0.25) is 0 Å². The summed E-state index contributed by atoms with van der Waals surface area (Å²) in [5.41, 5.74) is 11.6. The highest BCUT2D eigenvalue weighted by atomic mass is 16.5. The predicted molar refractivity (Wildman–Crippen MR) is 133 cm³/mol. The average molecular weight is 464 g/mol. The number of phenols is 1. The van der Waals surface area contributed by atoms with Gasteiger partial charge < -0.3 is 25.8 Å². The van der Waals surface area contributed by atoms with Gasteiger partial charge in [-0.25, -0.2) is 0 Å². The lowest BCUT2D eigenvalue weighted by molar-refractivity contribution is -0.00521. The molecule has 1 aliphatic rings. The minimum atomic E-state index is -0.530. The lowest BCUT2D eigenvalue weighted by atomic mass is 10.0. The third-order valence-corrected chi connectivity index (χ3v) is 6.20. The first kappa shape index (κ1) is 23.6. The smallest absolute Gasteiger partial charge is 0.254 e. The number of hydrogen-bond acceptors (Lipinski definition) is 6. The van der Waals surface area contributed by atoms with E-state index in [1.54, 1.807) is 0 Å². The van der Waals surface area contributed by atoms with Crippen molar-refractivity contribution in [3.63, 3.8) is 0 Å². The fourth-order valence-corrected chi connectivity index (χ4v) is 4.65. The number of phenolic OH excluding ortho intramolecular Hbond substituents is 1. The zero-order valence-corrected chi connectivity index (χ0v) is 20.2. The highest BCUT2D eigenvalue weighted by Gasteiger charge is 2.23. The third kappa shape index (κ3) is 5.17. The Hall–Kier alpha value is -3.52. The van der Waals surface area contributed by atoms with Crippen molar-refractivity contribution in [1.82, 2.24) is 10.2 Å². The Morgan fingerprint density at radius 2 is 1.76 bits per heavy atom. The van der Waals surface area contributed by atoms with Gasteiger partial charge in [0.15, 0.2) is 5.82 Å². The molecule has 2 atom stereocenters. The van der Waals surface area contributed by atoms with E-state index in [9.17, 15) is 9.90 Å². The maximum absolute atomic E-state index is 12.3. The summed E-state index contributed by atoms with van der Waals surface area (Å²) in [7, 11) is 0. The molecule has 5 N–H and O–H groups in total. The van der Waals surface area contributed by atoms with Gasteiger partial charge >= 0.3 is 0 Å². The lowest BCUT2D eigenvalue weighted by Gasteiger charge is -2.36. The number of aromatic amines is 1. The number of carbonyl (C=O) groups is 1. The van der Waals surface area contributed by atoms with Crippen molar-refractivity contribution in [2.45, 2.75) is 52.9 Å². The number of carbonyl (C=O) groups excluding carboxylic acids is 1. The molecule has 180 valence electrons. The van der Waals surface area contributed by atoms with Crippen molar-refractivity contribution in [2.75, 3.05) is 23.3 Å². The van der Waals surface area contributed by atoms with Gasteiger partial charge in [0.1, 0.15) is 11.3 Å². The molecule has 0 saturated carbocycles. The molecule has 1 fully saturated rings. The Bertz CT molecular complexity index is 1140. The fourth-order valence-electron chi connectivity index (χ4n) is 4.65. The van der Waals surface area contributed by atoms with Crippen LogP contribution < -0.4 is 16.0 Å². The normalized spacial score (nSPS) is 18.2. The lowest BCUT2D eigenvalue weighted by Crippen LogP contribution is -2.45. The van der Waals surface area contributed by atoms with Gasteiger partial charge in [0.05, 0.1) is 17.9 Å². The van der Waals surface area contributed by atoms with Crippen molar-refractivity contribution >= 4 is 17.4 Å². The minimum absolute atomic E-state index is 0.201. The number of nitrogens with zero attached hydrogens (tertiary/aromatic N) is 2. The number of aromatic nitrogens is 2. The predicted octanol–water partition coefficient (Wildman–Crippen LogP) is 3.65. The van der Waals surface area contributed by atoms with Crippen LogP contribution >= 0.6 is 0 Å². The van der Waals surface area contributed by atoms with Crippen molar-refractivity contribution in [3.8, 4) is 5.75 Å². The molecule has 8 nitrogen and oxygen atoms in total. The van der Waals surface area contributed by atoms with Gasteiger partial charge in [0, 0.05) is 31.7 Å². The molecule has 1 aromatic heterocycles. The number of rotatable bonds is 7. The summed E-state index contributed by atoms with van der Waals surface area (Å²) in [5.74, 6) is 0.198. The number of anilines is 2. The number of morpholine rings is 1. The molecule has 2 aromatic carbocycles. The second-order valence-corrected chi connectivity index (χ2v) is 9.23. The molecule has 4 rings (SSSR count). The van der Waals surface area contributed by atoms with Gasteiger partial charge in [0.25, 0.3) is 5.91 Å². The molecule has 1 saturated heterocycles. The zero-order valence-electron chi connectivity index (χ0n) is 20.2. The van der Waals surface area contributed by atoms with E-state index in [0.717, 1.165) is 41.0 Å². The number of nitrogens with one attached hydrogen (secondary N) is 2. The first-order valence-electron chi connectivity index (χ1n) is 11.6. The van der Waals surface area contributed by atoms with E-state index in [2.05, 4.69) is 58.5 Å². The van der Waals surface area contributed by atoms with Crippen molar-refractivity contribution in [2.24, 2.45) is 5.73 Å². The monoisotopic (exact) mass is 463 g/mol. The second kappa shape index (κ2) is 9.77. The molecule has 34 heavy (non-hydrogen) atoms. The molecule has 1 amide bonds. The zero-order chi connectivity index (χ0) is 24.4. The first-order chi connectivity index (χ1) is 16.2. The number of ether oxygens (including phenoxy) is 1. The summed E-state index contributed by atoms with van der Waals surface area (Å²) in [6.45, 7) is 10.1. The molecule has 0 unspecified atom stereocenters. The highest BCUT2D eigenvalue weighted by molar-refractivity contribution is 5.99. The summed E-state index contributed by atoms with van der Waals surface area (Å²) in [5, 5.41) is 20.5. The van der Waals surface area contributed by atoms with Crippen LogP contribution in [0.3, 0.4) is 0 Å². The summed E-state index contributed by atoms with van der Waals surface area (Å²) in [6.07, 6.45) is 0.916. The van der Waals surface area contributed by atoms with E-state index in [0.29, 0.717) is 35.8 Å². The molecule has 0 radical (unpaired) electrons. The Kier molecular flexibility index (Phi) is 6.79. The van der Waals surface area contributed by atoms with Gasteiger partial charge in [-0.2, -0.15) is 5.10 Å². The number of hydrogen-bond donors (Lipinski definition) is 4. The summed E-state index contributed by atoms with van der Waals surface area (Å²) in [4.78, 5) is 14.6. The Balaban J connectivity index is 1.47. The molecule has 2 heterocycles. The van der Waals surface area contributed by atoms with Crippen molar-refractivity contribution < 1.29 is 14.6 Å². The molecule has 1 aliphatic heterocycles. The fraction of sp³-hybridized carbons (Fsp3) is 0.385. The van der Waals surface area contributed by atoms with Crippen LogP contribution in [0.15, 0.2) is 36.4 Å². The molecular formula is C26H33N5O3. The summed E-state index contributed by atoms with van der Waals surface area (Å²) >= 11 is 0. The number of nitrogens with two attached hydrogens (primary N) is 1. The average Bonchev–Trinajstić information content (AvgIpc) is 3.18. The highest BCUT2D eigenvalue weighted by Crippen LogP contribution is 2.26. The Morgan fingerprint density at radius 1 is 1.15 bits per heavy atom. The van der Waals surface area contributed by atoms with Crippen molar-refractivity contribution in [1.29, 1.82) is 0 Å². The second-order valence-electron chi connectivity index (χ2n) is 9.23. The van der Waals surface area contributed by atoms with E-state index in [4.69, 9.17) is 10.5 Å². The SMILES string of the molecule is Cc1cc(CNc2n[nH]c(Cc3ccc(N4C[C@@H](C)O[C@@H](C)C4)cc3)c2C(N)=O)cc(C)c1O. The van der Waals surface area contributed by atoms with Crippen LogP contribution in [0.4, 0.5) is 11.5 Å². The van der Waals surface area contributed by atoms with Crippen LogP contribution in [-0.4, -0.2) is 46.5 Å². The van der Waals surface area contributed by atoms with Gasteiger partial charge in [-0.15, -0.1) is 0 Å². The molecular weight excluding hydrogens is 430 g/mol. The summed E-state index contributed by atoms with van der Waals surface area (Å²) < 4.78 is 5.83. The van der Waals surface area contributed by atoms with Crippen LogP contribution in [-0.2, 0) is 17.7 Å². The number of amides is 1. The molecule has 8 heteroatoms. The number of aryl methyl sites for hydroxylation is 2. The first-order valence-corrected chi connectivity index (χ1v) is 11.6. The maximum atomic E-state index is 12.3. The van der Waals surface area contributed by atoms with Crippen LogP contribution in [0.25, 0.3) is 0 Å². The van der Waals surface area contributed by atoms with Crippen LogP contribution in [0, 0.1) is 13.8 Å². The number of H-pyrrole nitrogens is 1. The molecule has 3 aromatic rings. The van der Waals surface area contributed by atoms with Crippen molar-refractivity contribution in [3.05, 3.63) is 69.9 Å². The minimum Gasteiger partial charge on any atom is -0.507 e. The number of benzene rings is 2. The Labute approximate surface area is 200 Å². The van der Waals surface area contributed by atoms with E-state index in [-0.39, 0.29) is 12.2 Å². The number of primary amides is 1. The maximum Gasteiger partial charge on any atom is 0.254 e.